The Bertz CT molecular complexity index is 658. The van der Waals surface area contributed by atoms with Gasteiger partial charge in [0, 0.05) is 45.4 Å². The lowest BCUT2D eigenvalue weighted by molar-refractivity contribution is -0.147. The van der Waals surface area contributed by atoms with E-state index in [2.05, 4.69) is 10.4 Å². The Morgan fingerprint density at radius 2 is 2.08 bits per heavy atom. The number of hydrogen-bond donors (Lipinski definition) is 1. The second kappa shape index (κ2) is 9.33. The van der Waals surface area contributed by atoms with Crippen molar-refractivity contribution in [3.05, 3.63) is 17.5 Å². The zero-order valence-electron chi connectivity index (χ0n) is 15.7. The molecule has 1 N–H and O–H groups in total. The van der Waals surface area contributed by atoms with Crippen LogP contribution in [0.15, 0.2) is 6.07 Å². The Morgan fingerprint density at radius 1 is 1.31 bits per heavy atom. The van der Waals surface area contributed by atoms with Gasteiger partial charge in [-0.3, -0.25) is 19.1 Å². The van der Waals surface area contributed by atoms with Gasteiger partial charge in [-0.1, -0.05) is 0 Å². The highest BCUT2D eigenvalue weighted by Crippen LogP contribution is 2.08. The minimum Gasteiger partial charge on any atom is -0.383 e. The van der Waals surface area contributed by atoms with Crippen LogP contribution in [-0.2, 0) is 25.7 Å². The van der Waals surface area contributed by atoms with Crippen molar-refractivity contribution in [1.82, 2.24) is 24.9 Å². The van der Waals surface area contributed by atoms with Gasteiger partial charge in [0.05, 0.1) is 25.4 Å². The number of ether oxygens (including phenoxy) is 1. The van der Waals surface area contributed by atoms with Crippen LogP contribution in [0, 0.1) is 13.8 Å². The number of nitrogens with one attached hydrogen (secondary N) is 1. The molecule has 1 aliphatic rings. The molecule has 0 aliphatic carbocycles. The number of rotatable bonds is 8. The Balaban J connectivity index is 1.76. The van der Waals surface area contributed by atoms with Crippen LogP contribution >= 0.6 is 0 Å². The standard InChI is InChI=1S/C17H27N5O4/c1-13-10-14(2)22(19-13)6-4-16(24)21-8-7-20(17(25)12-21)11-15(23)18-5-9-26-3/h10H,4-9,11-12H2,1-3H3,(H,18,23). The number of carbonyl (C=O) groups excluding carboxylic acids is 3. The van der Waals surface area contributed by atoms with Crippen molar-refractivity contribution in [1.29, 1.82) is 0 Å². The van der Waals surface area contributed by atoms with Gasteiger partial charge >= 0.3 is 0 Å². The molecule has 2 rings (SSSR count). The molecular weight excluding hydrogens is 338 g/mol. The zero-order valence-corrected chi connectivity index (χ0v) is 15.7. The van der Waals surface area contributed by atoms with E-state index in [0.29, 0.717) is 39.2 Å². The maximum atomic E-state index is 12.4. The Kier molecular flexibility index (Phi) is 7.14. The summed E-state index contributed by atoms with van der Waals surface area (Å²) in [6.45, 7) is 6.02. The second-order valence-corrected chi connectivity index (χ2v) is 6.37. The van der Waals surface area contributed by atoms with Gasteiger partial charge in [-0.05, 0) is 19.9 Å². The first kappa shape index (κ1) is 19.9. The normalized spacial score (nSPS) is 14.7. The molecule has 0 unspecified atom stereocenters. The summed E-state index contributed by atoms with van der Waals surface area (Å²) in [5, 5.41) is 7.02. The van der Waals surface area contributed by atoms with E-state index >= 15 is 0 Å². The first-order valence-corrected chi connectivity index (χ1v) is 8.73. The molecule has 0 saturated carbocycles. The minimum absolute atomic E-state index is 0.0103. The third-order valence-electron chi connectivity index (χ3n) is 4.28. The van der Waals surface area contributed by atoms with Gasteiger partial charge in [0.1, 0.15) is 0 Å². The van der Waals surface area contributed by atoms with Crippen molar-refractivity contribution < 1.29 is 19.1 Å². The van der Waals surface area contributed by atoms with Crippen molar-refractivity contribution in [3.63, 3.8) is 0 Å². The van der Waals surface area contributed by atoms with Gasteiger partial charge in [-0.2, -0.15) is 5.10 Å². The van der Waals surface area contributed by atoms with Gasteiger partial charge in [-0.25, -0.2) is 0 Å². The average Bonchev–Trinajstić information content (AvgIpc) is 2.92. The van der Waals surface area contributed by atoms with Crippen LogP contribution < -0.4 is 5.32 Å². The summed E-state index contributed by atoms with van der Waals surface area (Å²) < 4.78 is 6.66. The van der Waals surface area contributed by atoms with E-state index in [1.807, 2.05) is 19.9 Å². The van der Waals surface area contributed by atoms with Crippen LogP contribution in [0.5, 0.6) is 0 Å². The van der Waals surface area contributed by atoms with Crippen molar-refractivity contribution in [2.45, 2.75) is 26.8 Å². The SMILES string of the molecule is COCCNC(=O)CN1CCN(C(=O)CCn2nc(C)cc2C)CC1=O. The summed E-state index contributed by atoms with van der Waals surface area (Å²) >= 11 is 0. The fourth-order valence-electron chi connectivity index (χ4n) is 2.87. The van der Waals surface area contributed by atoms with Crippen LogP contribution in [0.4, 0.5) is 0 Å². The summed E-state index contributed by atoms with van der Waals surface area (Å²) in [4.78, 5) is 39.4. The van der Waals surface area contributed by atoms with E-state index in [0.717, 1.165) is 11.4 Å². The maximum Gasteiger partial charge on any atom is 0.242 e. The van der Waals surface area contributed by atoms with Gasteiger partial charge in [-0.15, -0.1) is 0 Å². The van der Waals surface area contributed by atoms with Crippen molar-refractivity contribution in [2.75, 3.05) is 46.4 Å². The van der Waals surface area contributed by atoms with Crippen molar-refractivity contribution in [2.24, 2.45) is 0 Å². The molecule has 26 heavy (non-hydrogen) atoms. The number of carbonyl (C=O) groups is 3. The number of methoxy groups -OCH3 is 1. The van der Waals surface area contributed by atoms with E-state index in [4.69, 9.17) is 4.74 Å². The molecule has 9 heteroatoms. The molecule has 144 valence electrons. The van der Waals surface area contributed by atoms with Gasteiger partial charge < -0.3 is 19.9 Å². The van der Waals surface area contributed by atoms with Crippen LogP contribution in [0.1, 0.15) is 17.8 Å². The van der Waals surface area contributed by atoms with Gasteiger partial charge in [0.25, 0.3) is 0 Å². The number of aromatic nitrogens is 2. The summed E-state index contributed by atoms with van der Waals surface area (Å²) in [5.41, 5.74) is 1.93. The predicted molar refractivity (Wildman–Crippen MR) is 94.4 cm³/mol. The molecule has 0 radical (unpaired) electrons. The lowest BCUT2D eigenvalue weighted by Crippen LogP contribution is -2.54. The smallest absolute Gasteiger partial charge is 0.242 e. The van der Waals surface area contributed by atoms with Crippen LogP contribution in [0.25, 0.3) is 0 Å². The second-order valence-electron chi connectivity index (χ2n) is 6.37. The number of hydrogen-bond acceptors (Lipinski definition) is 5. The number of nitrogens with zero attached hydrogens (tertiary/aromatic N) is 4. The maximum absolute atomic E-state index is 12.4. The first-order valence-electron chi connectivity index (χ1n) is 8.73. The average molecular weight is 365 g/mol. The summed E-state index contributed by atoms with van der Waals surface area (Å²) in [7, 11) is 1.56. The monoisotopic (exact) mass is 365 g/mol. The molecule has 0 atom stereocenters. The van der Waals surface area contributed by atoms with E-state index < -0.39 is 0 Å². The van der Waals surface area contributed by atoms with Gasteiger partial charge in [0.2, 0.25) is 17.7 Å². The lowest BCUT2D eigenvalue weighted by atomic mass is 10.2. The van der Waals surface area contributed by atoms with Crippen LogP contribution in [0.3, 0.4) is 0 Å². The molecule has 1 fully saturated rings. The minimum atomic E-state index is -0.222. The van der Waals surface area contributed by atoms with E-state index in [-0.39, 0.29) is 30.8 Å². The molecule has 2 heterocycles. The molecule has 1 saturated heterocycles. The number of piperazine rings is 1. The third kappa shape index (κ3) is 5.55. The summed E-state index contributed by atoms with van der Waals surface area (Å²) in [6, 6.07) is 1.96. The largest absolute Gasteiger partial charge is 0.383 e. The van der Waals surface area contributed by atoms with Crippen molar-refractivity contribution in [3.8, 4) is 0 Å². The summed E-state index contributed by atoms with van der Waals surface area (Å²) in [5.74, 6) is -0.507. The molecule has 0 bridgehead atoms. The van der Waals surface area contributed by atoms with E-state index in [1.54, 1.807) is 16.7 Å². The molecule has 9 nitrogen and oxygen atoms in total. The predicted octanol–water partition coefficient (Wildman–Crippen LogP) is -0.677. The number of aryl methyl sites for hydroxylation is 3. The highest BCUT2D eigenvalue weighted by Gasteiger charge is 2.28. The topological polar surface area (TPSA) is 96.8 Å². The third-order valence-corrected chi connectivity index (χ3v) is 4.28. The molecule has 3 amide bonds. The zero-order chi connectivity index (χ0) is 19.1. The Hall–Kier alpha value is -2.42. The molecule has 0 aromatic carbocycles. The van der Waals surface area contributed by atoms with E-state index in [9.17, 15) is 14.4 Å². The fourth-order valence-corrected chi connectivity index (χ4v) is 2.87. The Morgan fingerprint density at radius 3 is 2.69 bits per heavy atom. The van der Waals surface area contributed by atoms with Crippen LogP contribution in [0.2, 0.25) is 0 Å². The summed E-state index contributed by atoms with van der Waals surface area (Å²) in [6.07, 6.45) is 0.298. The van der Waals surface area contributed by atoms with E-state index in [1.165, 1.54) is 4.90 Å². The lowest BCUT2D eigenvalue weighted by Gasteiger charge is -2.34. The molecular formula is C17H27N5O4. The fraction of sp³-hybridized carbons (Fsp3) is 0.647. The number of amides is 3. The first-order chi connectivity index (χ1) is 12.4. The van der Waals surface area contributed by atoms with Gasteiger partial charge in [0.15, 0.2) is 0 Å². The highest BCUT2D eigenvalue weighted by atomic mass is 16.5. The molecule has 1 aromatic heterocycles. The molecule has 0 spiro atoms. The molecule has 1 aliphatic heterocycles. The van der Waals surface area contributed by atoms with Crippen molar-refractivity contribution >= 4 is 17.7 Å². The Labute approximate surface area is 153 Å². The highest BCUT2D eigenvalue weighted by molar-refractivity contribution is 5.89. The molecule has 1 aromatic rings. The quantitative estimate of drug-likeness (QED) is 0.616. The van der Waals surface area contributed by atoms with Crippen LogP contribution in [-0.4, -0.2) is 83.7 Å².